The summed E-state index contributed by atoms with van der Waals surface area (Å²) in [5.41, 5.74) is -0.0882. The van der Waals surface area contributed by atoms with Gasteiger partial charge in [0.25, 0.3) is 5.69 Å². The molecule has 0 bridgehead atoms. The molecule has 0 aromatic heterocycles. The molecule has 0 aliphatic carbocycles. The number of benzene rings is 2. The molecule has 0 fully saturated rings. The Morgan fingerprint density at radius 3 is 2.37 bits per heavy atom. The van der Waals surface area contributed by atoms with Crippen LogP contribution in [-0.2, 0) is 0 Å². The molecule has 0 saturated heterocycles. The molecule has 0 radical (unpaired) electrons. The predicted octanol–water partition coefficient (Wildman–Crippen LogP) is 4.38. The molecule has 4 nitrogen and oxygen atoms in total. The largest absolute Gasteiger partial charge is 0.287 e. The maximum absolute atomic E-state index is 10.7. The van der Waals surface area contributed by atoms with Crippen molar-refractivity contribution >= 4 is 33.4 Å². The summed E-state index contributed by atoms with van der Waals surface area (Å²) in [6.45, 7) is 0. The second kappa shape index (κ2) is 5.87. The van der Waals surface area contributed by atoms with E-state index in [0.717, 1.165) is 14.3 Å². The Hall–Kier alpha value is -1.84. The van der Waals surface area contributed by atoms with Crippen LogP contribution in [0.3, 0.4) is 0 Å². The summed E-state index contributed by atoms with van der Waals surface area (Å²) < 4.78 is 0.985. The molecule has 0 saturated carbocycles. The molecule has 0 N–H and O–H groups in total. The first kappa shape index (κ1) is 13.6. The van der Waals surface area contributed by atoms with E-state index in [2.05, 4.69) is 15.9 Å². The molecular formula is C13H7BrN2O2S. The molecule has 0 amide bonds. The fourth-order valence-electron chi connectivity index (χ4n) is 1.47. The zero-order chi connectivity index (χ0) is 13.8. The summed E-state index contributed by atoms with van der Waals surface area (Å²) in [5.74, 6) is 0. The van der Waals surface area contributed by atoms with Gasteiger partial charge in [0.05, 0.1) is 4.92 Å². The Morgan fingerprint density at radius 2 is 1.79 bits per heavy atom. The summed E-state index contributed by atoms with van der Waals surface area (Å²) >= 11 is 4.80. The highest BCUT2D eigenvalue weighted by atomic mass is 79.9. The lowest BCUT2D eigenvalue weighted by Gasteiger charge is -2.02. The van der Waals surface area contributed by atoms with Crippen molar-refractivity contribution in [2.24, 2.45) is 0 Å². The lowest BCUT2D eigenvalue weighted by Crippen LogP contribution is -1.92. The Kier molecular flexibility index (Phi) is 4.20. The van der Waals surface area contributed by atoms with E-state index in [1.165, 1.54) is 23.9 Å². The summed E-state index contributed by atoms with van der Waals surface area (Å²) in [6.07, 6.45) is 0. The fourth-order valence-corrected chi connectivity index (χ4v) is 2.59. The number of hydrogen-bond acceptors (Lipinski definition) is 4. The van der Waals surface area contributed by atoms with Crippen molar-refractivity contribution in [2.45, 2.75) is 9.79 Å². The van der Waals surface area contributed by atoms with Crippen LogP contribution in [0.15, 0.2) is 56.7 Å². The summed E-state index contributed by atoms with van der Waals surface area (Å²) in [7, 11) is 0. The van der Waals surface area contributed by atoms with E-state index in [4.69, 9.17) is 5.26 Å². The number of rotatable bonds is 3. The molecule has 2 rings (SSSR count). The Morgan fingerprint density at radius 1 is 1.16 bits per heavy atom. The van der Waals surface area contributed by atoms with E-state index >= 15 is 0 Å². The third kappa shape index (κ3) is 3.34. The molecule has 0 spiro atoms. The summed E-state index contributed by atoms with van der Waals surface area (Å²) in [4.78, 5) is 12.0. The third-order valence-corrected chi connectivity index (χ3v) is 3.86. The minimum atomic E-state index is -0.549. The van der Waals surface area contributed by atoms with Gasteiger partial charge in [-0.25, -0.2) is 0 Å². The van der Waals surface area contributed by atoms with Gasteiger partial charge in [-0.1, -0.05) is 27.7 Å². The van der Waals surface area contributed by atoms with Crippen molar-refractivity contribution in [3.8, 4) is 6.07 Å². The molecule has 19 heavy (non-hydrogen) atoms. The van der Waals surface area contributed by atoms with Crippen LogP contribution in [0.25, 0.3) is 0 Å². The molecule has 6 heteroatoms. The second-order valence-electron chi connectivity index (χ2n) is 3.60. The average molecular weight is 335 g/mol. The highest BCUT2D eigenvalue weighted by molar-refractivity contribution is 9.10. The van der Waals surface area contributed by atoms with Crippen molar-refractivity contribution in [1.82, 2.24) is 0 Å². The lowest BCUT2D eigenvalue weighted by molar-refractivity contribution is -0.385. The van der Waals surface area contributed by atoms with Crippen molar-refractivity contribution in [1.29, 1.82) is 5.26 Å². The van der Waals surface area contributed by atoms with Crippen LogP contribution in [0, 0.1) is 21.4 Å². The number of nitro benzene ring substituents is 1. The minimum Gasteiger partial charge on any atom is -0.258 e. The van der Waals surface area contributed by atoms with Crippen molar-refractivity contribution in [3.63, 3.8) is 0 Å². The molecule has 2 aromatic rings. The van der Waals surface area contributed by atoms with E-state index in [9.17, 15) is 10.1 Å². The molecule has 94 valence electrons. The van der Waals surface area contributed by atoms with Crippen molar-refractivity contribution < 1.29 is 4.92 Å². The smallest absolute Gasteiger partial charge is 0.258 e. The topological polar surface area (TPSA) is 66.9 Å². The number of hydrogen-bond donors (Lipinski definition) is 0. The summed E-state index contributed by atoms with van der Waals surface area (Å²) in [5, 5.41) is 19.7. The molecular weight excluding hydrogens is 328 g/mol. The van der Waals surface area contributed by atoms with E-state index in [0.29, 0.717) is 0 Å². The standard InChI is InChI=1S/C13H7BrN2O2S/c14-10-1-3-11(4-2-10)19-12-5-6-13(16(17)18)9(7-12)8-15/h1-7H. The van der Waals surface area contributed by atoms with Crippen LogP contribution in [0.4, 0.5) is 5.69 Å². The van der Waals surface area contributed by atoms with E-state index in [-0.39, 0.29) is 11.3 Å². The minimum absolute atomic E-state index is 0.0760. The Labute approximate surface area is 122 Å². The van der Waals surface area contributed by atoms with Crippen molar-refractivity contribution in [3.05, 3.63) is 62.6 Å². The van der Waals surface area contributed by atoms with E-state index < -0.39 is 4.92 Å². The predicted molar refractivity (Wildman–Crippen MR) is 76.1 cm³/mol. The molecule has 0 aliphatic rings. The maximum Gasteiger partial charge on any atom is 0.287 e. The van der Waals surface area contributed by atoms with Crippen LogP contribution >= 0.6 is 27.7 Å². The zero-order valence-electron chi connectivity index (χ0n) is 9.54. The zero-order valence-corrected chi connectivity index (χ0v) is 11.9. The molecule has 0 aliphatic heterocycles. The maximum atomic E-state index is 10.7. The highest BCUT2D eigenvalue weighted by Gasteiger charge is 2.13. The Balaban J connectivity index is 2.29. The number of halogens is 1. The fraction of sp³-hybridized carbons (Fsp3) is 0. The average Bonchev–Trinajstić information content (AvgIpc) is 2.41. The van der Waals surface area contributed by atoms with E-state index in [1.807, 2.05) is 30.3 Å². The first-order valence-corrected chi connectivity index (χ1v) is 6.83. The van der Waals surface area contributed by atoms with Gasteiger partial charge in [-0.2, -0.15) is 5.26 Å². The van der Waals surface area contributed by atoms with Crippen molar-refractivity contribution in [2.75, 3.05) is 0 Å². The van der Waals surface area contributed by atoms with Gasteiger partial charge >= 0.3 is 0 Å². The van der Waals surface area contributed by atoms with Gasteiger partial charge in [-0.15, -0.1) is 0 Å². The number of nitro groups is 1. The van der Waals surface area contributed by atoms with Gasteiger partial charge in [-0.3, -0.25) is 10.1 Å². The highest BCUT2D eigenvalue weighted by Crippen LogP contribution is 2.31. The van der Waals surface area contributed by atoms with Crippen LogP contribution in [0.2, 0.25) is 0 Å². The number of nitrogens with zero attached hydrogens (tertiary/aromatic N) is 2. The quantitative estimate of drug-likeness (QED) is 0.617. The SMILES string of the molecule is N#Cc1cc(Sc2ccc(Br)cc2)ccc1[N+](=O)[O-]. The van der Waals surface area contributed by atoms with Gasteiger partial charge in [-0.05, 0) is 36.4 Å². The molecule has 0 atom stereocenters. The first-order chi connectivity index (χ1) is 9.10. The van der Waals surface area contributed by atoms with Crippen LogP contribution in [-0.4, -0.2) is 4.92 Å². The Bertz CT molecular complexity index is 665. The van der Waals surface area contributed by atoms with Crippen LogP contribution in [0.5, 0.6) is 0 Å². The van der Waals surface area contributed by atoms with Gasteiger partial charge in [0.1, 0.15) is 11.6 Å². The van der Waals surface area contributed by atoms with Gasteiger partial charge in [0.15, 0.2) is 0 Å². The molecule has 2 aromatic carbocycles. The number of nitriles is 1. The van der Waals surface area contributed by atoms with E-state index in [1.54, 1.807) is 6.07 Å². The van der Waals surface area contributed by atoms with Gasteiger partial charge in [0.2, 0.25) is 0 Å². The normalized spacial score (nSPS) is 9.89. The molecule has 0 heterocycles. The lowest BCUT2D eigenvalue weighted by atomic mass is 10.2. The second-order valence-corrected chi connectivity index (χ2v) is 5.67. The van der Waals surface area contributed by atoms with Gasteiger partial charge in [0, 0.05) is 20.3 Å². The third-order valence-electron chi connectivity index (χ3n) is 2.33. The molecule has 0 unspecified atom stereocenters. The first-order valence-electron chi connectivity index (χ1n) is 5.22. The van der Waals surface area contributed by atoms with Crippen LogP contribution in [0.1, 0.15) is 5.56 Å². The van der Waals surface area contributed by atoms with Gasteiger partial charge < -0.3 is 0 Å². The monoisotopic (exact) mass is 334 g/mol. The summed E-state index contributed by atoms with van der Waals surface area (Å²) in [6, 6.07) is 14.1. The van der Waals surface area contributed by atoms with Crippen LogP contribution < -0.4 is 0 Å².